The molecular weight excluding hydrogens is 334 g/mol. The molecule has 2 aromatic heterocycles. The van der Waals surface area contributed by atoms with E-state index in [2.05, 4.69) is 46.4 Å². The van der Waals surface area contributed by atoms with E-state index in [0.29, 0.717) is 6.04 Å². The quantitative estimate of drug-likeness (QED) is 0.802. The van der Waals surface area contributed by atoms with Crippen molar-refractivity contribution in [2.24, 2.45) is 0 Å². The Labute approximate surface area is 153 Å². The van der Waals surface area contributed by atoms with Gasteiger partial charge in [0, 0.05) is 22.0 Å². The Bertz CT molecular complexity index is 706. The predicted octanol–water partition coefficient (Wildman–Crippen LogP) is 4.76. The van der Waals surface area contributed by atoms with E-state index >= 15 is 0 Å². The van der Waals surface area contributed by atoms with E-state index < -0.39 is 0 Å². The third-order valence-electron chi connectivity index (χ3n) is 5.16. The zero-order valence-corrected chi connectivity index (χ0v) is 15.6. The minimum atomic E-state index is 0.138. The zero-order chi connectivity index (χ0) is 16.5. The summed E-state index contributed by atoms with van der Waals surface area (Å²) in [6.45, 7) is 2.18. The maximum atomic E-state index is 5.77. The Kier molecular flexibility index (Phi) is 4.55. The van der Waals surface area contributed by atoms with Gasteiger partial charge in [-0.05, 0) is 56.2 Å². The van der Waals surface area contributed by atoms with Crippen molar-refractivity contribution in [3.63, 3.8) is 0 Å². The molecule has 1 N–H and O–H groups in total. The standard InChI is InChI=1S/C19H23N3S2/c1-13-10-11-16(24-13)18-17(15-9-5-6-12-20-15)21-19(23)22(18)14-7-3-2-4-8-14/h5-6,9-12,14,17-18H,2-4,7-8H2,1H3,(H,21,23)/t17-,18+/m0/s1. The van der Waals surface area contributed by atoms with Crippen molar-refractivity contribution in [3.8, 4) is 0 Å². The molecule has 3 nitrogen and oxygen atoms in total. The lowest BCUT2D eigenvalue weighted by Gasteiger charge is -2.36. The number of aryl methyl sites for hydroxylation is 1. The molecule has 0 unspecified atom stereocenters. The van der Waals surface area contributed by atoms with Crippen molar-refractivity contribution < 1.29 is 0 Å². The fourth-order valence-corrected chi connectivity index (χ4v) is 5.44. The molecule has 0 radical (unpaired) electrons. The summed E-state index contributed by atoms with van der Waals surface area (Å²) < 4.78 is 0. The minimum Gasteiger partial charge on any atom is -0.352 e. The molecule has 126 valence electrons. The summed E-state index contributed by atoms with van der Waals surface area (Å²) in [5.74, 6) is 0. The summed E-state index contributed by atoms with van der Waals surface area (Å²) in [6, 6.07) is 11.6. The highest BCUT2D eigenvalue weighted by Crippen LogP contribution is 2.44. The van der Waals surface area contributed by atoms with Crippen LogP contribution in [0, 0.1) is 6.92 Å². The van der Waals surface area contributed by atoms with Gasteiger partial charge in [0.1, 0.15) is 0 Å². The van der Waals surface area contributed by atoms with Gasteiger partial charge in [-0.2, -0.15) is 0 Å². The monoisotopic (exact) mass is 357 g/mol. The Morgan fingerprint density at radius 3 is 2.67 bits per heavy atom. The molecule has 0 amide bonds. The Morgan fingerprint density at radius 1 is 1.17 bits per heavy atom. The molecule has 3 heterocycles. The second kappa shape index (κ2) is 6.81. The molecule has 2 aliphatic rings. The molecular formula is C19H23N3S2. The first-order valence-corrected chi connectivity index (χ1v) is 10.0. The summed E-state index contributed by atoms with van der Waals surface area (Å²) in [5, 5.41) is 4.47. The first kappa shape index (κ1) is 16.0. The highest BCUT2D eigenvalue weighted by atomic mass is 32.1. The average Bonchev–Trinajstić information content (AvgIpc) is 3.19. The highest BCUT2D eigenvalue weighted by Gasteiger charge is 2.43. The Morgan fingerprint density at radius 2 is 2.00 bits per heavy atom. The lowest BCUT2D eigenvalue weighted by Crippen LogP contribution is -2.40. The van der Waals surface area contributed by atoms with Crippen molar-refractivity contribution >= 4 is 28.7 Å². The summed E-state index contributed by atoms with van der Waals surface area (Å²) in [5.41, 5.74) is 1.08. The minimum absolute atomic E-state index is 0.138. The zero-order valence-electron chi connectivity index (χ0n) is 13.9. The highest BCUT2D eigenvalue weighted by molar-refractivity contribution is 7.80. The number of thiophene rings is 1. The smallest absolute Gasteiger partial charge is 0.170 e. The van der Waals surface area contributed by atoms with Crippen LogP contribution in [0.15, 0.2) is 36.5 Å². The summed E-state index contributed by atoms with van der Waals surface area (Å²) in [4.78, 5) is 9.84. The largest absolute Gasteiger partial charge is 0.352 e. The van der Waals surface area contributed by atoms with Gasteiger partial charge in [0.05, 0.1) is 17.8 Å². The second-order valence-corrected chi connectivity index (χ2v) is 8.48. The number of thiocarbonyl (C=S) groups is 1. The van der Waals surface area contributed by atoms with Crippen LogP contribution in [-0.2, 0) is 0 Å². The molecule has 4 rings (SSSR count). The molecule has 1 saturated carbocycles. The fraction of sp³-hybridized carbons (Fsp3) is 0.474. The topological polar surface area (TPSA) is 28.2 Å². The van der Waals surface area contributed by atoms with Crippen LogP contribution >= 0.6 is 23.6 Å². The molecule has 5 heteroatoms. The summed E-state index contributed by atoms with van der Waals surface area (Å²) >= 11 is 7.66. The number of nitrogens with zero attached hydrogens (tertiary/aromatic N) is 2. The lowest BCUT2D eigenvalue weighted by molar-refractivity contribution is 0.199. The molecule has 0 spiro atoms. The van der Waals surface area contributed by atoms with Crippen molar-refractivity contribution in [2.75, 3.05) is 0 Å². The number of pyridine rings is 1. The molecule has 1 aliphatic heterocycles. The van der Waals surface area contributed by atoms with Crippen LogP contribution in [-0.4, -0.2) is 21.0 Å². The van der Waals surface area contributed by atoms with Crippen LogP contribution < -0.4 is 5.32 Å². The maximum Gasteiger partial charge on any atom is 0.170 e. The van der Waals surface area contributed by atoms with Crippen molar-refractivity contribution in [1.29, 1.82) is 0 Å². The van der Waals surface area contributed by atoms with Gasteiger partial charge >= 0.3 is 0 Å². The van der Waals surface area contributed by atoms with Gasteiger partial charge in [-0.3, -0.25) is 4.98 Å². The van der Waals surface area contributed by atoms with E-state index in [-0.39, 0.29) is 12.1 Å². The molecule has 2 fully saturated rings. The molecule has 2 atom stereocenters. The van der Waals surface area contributed by atoms with Crippen LogP contribution in [0.2, 0.25) is 0 Å². The van der Waals surface area contributed by atoms with Crippen LogP contribution in [0.25, 0.3) is 0 Å². The third-order valence-corrected chi connectivity index (χ3v) is 6.56. The number of nitrogens with one attached hydrogen (secondary N) is 1. The SMILES string of the molecule is Cc1ccc([C@@H]2[C@H](c3ccccn3)NC(=S)N2C2CCCCC2)s1. The van der Waals surface area contributed by atoms with E-state index in [0.717, 1.165) is 10.8 Å². The number of hydrogen-bond acceptors (Lipinski definition) is 3. The number of hydrogen-bond donors (Lipinski definition) is 1. The fourth-order valence-electron chi connectivity index (χ4n) is 4.03. The van der Waals surface area contributed by atoms with Gasteiger partial charge in [0.25, 0.3) is 0 Å². The Balaban J connectivity index is 1.73. The van der Waals surface area contributed by atoms with E-state index in [4.69, 9.17) is 12.2 Å². The van der Waals surface area contributed by atoms with Gasteiger partial charge in [0.15, 0.2) is 5.11 Å². The van der Waals surface area contributed by atoms with Gasteiger partial charge in [-0.15, -0.1) is 11.3 Å². The molecule has 0 aromatic carbocycles. The summed E-state index contributed by atoms with van der Waals surface area (Å²) in [6.07, 6.45) is 8.36. The van der Waals surface area contributed by atoms with E-state index in [1.54, 1.807) is 0 Å². The third kappa shape index (κ3) is 2.95. The van der Waals surface area contributed by atoms with Crippen LogP contribution in [0.1, 0.15) is 59.6 Å². The molecule has 24 heavy (non-hydrogen) atoms. The van der Waals surface area contributed by atoms with Crippen molar-refractivity contribution in [2.45, 2.75) is 57.2 Å². The van der Waals surface area contributed by atoms with Gasteiger partial charge in [0.2, 0.25) is 0 Å². The summed E-state index contributed by atoms with van der Waals surface area (Å²) in [7, 11) is 0. The van der Waals surface area contributed by atoms with Crippen LogP contribution in [0.4, 0.5) is 0 Å². The molecule has 1 aliphatic carbocycles. The Hall–Kier alpha value is -1.46. The van der Waals surface area contributed by atoms with E-state index in [1.807, 2.05) is 23.6 Å². The van der Waals surface area contributed by atoms with Gasteiger partial charge < -0.3 is 10.2 Å². The first-order chi connectivity index (χ1) is 11.7. The van der Waals surface area contributed by atoms with Gasteiger partial charge in [-0.1, -0.05) is 25.3 Å². The maximum absolute atomic E-state index is 5.77. The van der Waals surface area contributed by atoms with E-state index in [9.17, 15) is 0 Å². The number of aromatic nitrogens is 1. The molecule has 0 bridgehead atoms. The predicted molar refractivity (Wildman–Crippen MR) is 103 cm³/mol. The molecule has 1 saturated heterocycles. The van der Waals surface area contributed by atoms with Gasteiger partial charge in [-0.25, -0.2) is 0 Å². The van der Waals surface area contributed by atoms with Crippen molar-refractivity contribution in [1.82, 2.24) is 15.2 Å². The second-order valence-electron chi connectivity index (χ2n) is 6.77. The normalized spacial score (nSPS) is 25.0. The molecule has 2 aromatic rings. The van der Waals surface area contributed by atoms with Crippen LogP contribution in [0.3, 0.4) is 0 Å². The van der Waals surface area contributed by atoms with E-state index in [1.165, 1.54) is 41.9 Å². The van der Waals surface area contributed by atoms with Crippen molar-refractivity contribution in [3.05, 3.63) is 52.0 Å². The average molecular weight is 358 g/mol. The first-order valence-electron chi connectivity index (χ1n) is 8.80. The number of rotatable bonds is 3. The van der Waals surface area contributed by atoms with Crippen LogP contribution in [0.5, 0.6) is 0 Å². The lowest BCUT2D eigenvalue weighted by atomic mass is 9.92.